The number of hydrogen-bond donors (Lipinski definition) is 2. The van der Waals surface area contributed by atoms with E-state index in [4.69, 9.17) is 0 Å². The van der Waals surface area contributed by atoms with Crippen molar-refractivity contribution in [2.45, 2.75) is 32.2 Å². The molecule has 25 heavy (non-hydrogen) atoms. The highest BCUT2D eigenvalue weighted by Crippen LogP contribution is 2.32. The van der Waals surface area contributed by atoms with Gasteiger partial charge in [-0.3, -0.25) is 4.79 Å². The monoisotopic (exact) mass is 395 g/mol. The number of anilines is 1. The Hall–Kier alpha value is -1.58. The number of nitrogens with one attached hydrogen (secondary N) is 2. The minimum absolute atomic E-state index is 0. The third-order valence-electron chi connectivity index (χ3n) is 3.82. The van der Waals surface area contributed by atoms with Crippen LogP contribution in [0.5, 0.6) is 5.75 Å². The van der Waals surface area contributed by atoms with Gasteiger partial charge in [0.05, 0.1) is 10.2 Å². The first-order chi connectivity index (χ1) is 11.3. The molecular formula is C15H17ClF3N3O2S. The molecule has 1 aliphatic heterocycles. The Morgan fingerprint density at radius 2 is 2.20 bits per heavy atom. The normalized spacial score (nSPS) is 20.8. The zero-order valence-electron chi connectivity index (χ0n) is 13.2. The van der Waals surface area contributed by atoms with E-state index in [1.54, 1.807) is 0 Å². The van der Waals surface area contributed by atoms with Crippen molar-refractivity contribution in [3.63, 3.8) is 0 Å². The lowest BCUT2D eigenvalue weighted by Gasteiger charge is -2.26. The molecule has 1 aliphatic rings. The Labute approximate surface area is 152 Å². The molecule has 2 heterocycles. The summed E-state index contributed by atoms with van der Waals surface area (Å²) >= 11 is 1.12. The van der Waals surface area contributed by atoms with Crippen LogP contribution in [0.3, 0.4) is 0 Å². The summed E-state index contributed by atoms with van der Waals surface area (Å²) in [5.41, 5.74) is 0.517. The second-order valence-electron chi connectivity index (χ2n) is 5.76. The van der Waals surface area contributed by atoms with Crippen molar-refractivity contribution in [2.24, 2.45) is 5.92 Å². The van der Waals surface area contributed by atoms with Gasteiger partial charge in [0.1, 0.15) is 5.75 Å². The first kappa shape index (κ1) is 19.7. The largest absolute Gasteiger partial charge is 0.573 e. The summed E-state index contributed by atoms with van der Waals surface area (Å²) in [6, 6.07) is 4.19. The number of piperidine rings is 1. The van der Waals surface area contributed by atoms with Crippen molar-refractivity contribution in [1.82, 2.24) is 10.3 Å². The molecule has 0 spiro atoms. The Morgan fingerprint density at radius 1 is 1.44 bits per heavy atom. The molecule has 3 rings (SSSR count). The molecule has 5 nitrogen and oxygen atoms in total. The number of halogens is 4. The third kappa shape index (κ3) is 5.20. The van der Waals surface area contributed by atoms with E-state index in [0.717, 1.165) is 30.7 Å². The Bertz CT molecular complexity index is 753. The molecule has 1 aromatic heterocycles. The number of benzene rings is 1. The summed E-state index contributed by atoms with van der Waals surface area (Å²) in [5, 5.41) is 6.43. The van der Waals surface area contributed by atoms with Gasteiger partial charge in [0.2, 0.25) is 5.91 Å². The van der Waals surface area contributed by atoms with Gasteiger partial charge in [0.15, 0.2) is 5.13 Å². The second kappa shape index (κ2) is 7.76. The number of carbonyl (C=O) groups is 1. The van der Waals surface area contributed by atoms with Crippen LogP contribution in [-0.4, -0.2) is 29.8 Å². The molecule has 2 N–H and O–H groups in total. The zero-order valence-corrected chi connectivity index (χ0v) is 14.9. The number of hydrogen-bond acceptors (Lipinski definition) is 5. The summed E-state index contributed by atoms with van der Waals surface area (Å²) in [6.45, 7) is 2.82. The van der Waals surface area contributed by atoms with Gasteiger partial charge in [-0.1, -0.05) is 11.3 Å². The van der Waals surface area contributed by atoms with Crippen molar-refractivity contribution in [3.8, 4) is 5.75 Å². The highest BCUT2D eigenvalue weighted by molar-refractivity contribution is 7.22. The molecule has 1 saturated heterocycles. The topological polar surface area (TPSA) is 63.2 Å². The van der Waals surface area contributed by atoms with E-state index >= 15 is 0 Å². The van der Waals surface area contributed by atoms with Crippen LogP contribution in [0, 0.1) is 5.92 Å². The van der Waals surface area contributed by atoms with E-state index in [2.05, 4.69) is 20.4 Å². The van der Waals surface area contributed by atoms with E-state index in [0.29, 0.717) is 15.3 Å². The predicted molar refractivity (Wildman–Crippen MR) is 92.4 cm³/mol. The van der Waals surface area contributed by atoms with Gasteiger partial charge < -0.3 is 15.4 Å². The minimum atomic E-state index is -4.73. The fourth-order valence-electron chi connectivity index (χ4n) is 2.73. The first-order valence-corrected chi connectivity index (χ1v) is 8.32. The molecule has 0 unspecified atom stereocenters. The van der Waals surface area contributed by atoms with E-state index < -0.39 is 6.36 Å². The fourth-order valence-corrected chi connectivity index (χ4v) is 3.63. The maximum atomic E-state index is 12.3. The van der Waals surface area contributed by atoms with Crippen LogP contribution in [0.25, 0.3) is 10.2 Å². The first-order valence-electron chi connectivity index (χ1n) is 7.51. The number of nitrogens with zero attached hydrogens (tertiary/aromatic N) is 1. The fraction of sp³-hybridized carbons (Fsp3) is 0.467. The van der Waals surface area contributed by atoms with Crippen molar-refractivity contribution in [1.29, 1.82) is 0 Å². The highest BCUT2D eigenvalue weighted by Gasteiger charge is 2.31. The molecule has 0 saturated carbocycles. The van der Waals surface area contributed by atoms with Crippen LogP contribution in [0.4, 0.5) is 18.3 Å². The van der Waals surface area contributed by atoms with Gasteiger partial charge in [0, 0.05) is 18.0 Å². The molecular weight excluding hydrogens is 379 g/mol. The Morgan fingerprint density at radius 3 is 2.88 bits per heavy atom. The molecule has 0 aliphatic carbocycles. The Balaban J connectivity index is 0.00000225. The van der Waals surface area contributed by atoms with Gasteiger partial charge >= 0.3 is 6.36 Å². The van der Waals surface area contributed by atoms with Crippen LogP contribution in [0.15, 0.2) is 18.2 Å². The van der Waals surface area contributed by atoms with Crippen LogP contribution in [-0.2, 0) is 4.79 Å². The summed E-state index contributed by atoms with van der Waals surface area (Å²) in [4.78, 5) is 16.5. The van der Waals surface area contributed by atoms with Crippen molar-refractivity contribution >= 4 is 45.0 Å². The summed E-state index contributed by atoms with van der Waals surface area (Å²) in [5.74, 6) is -0.490. The number of carbonyl (C=O) groups excluding carboxylic acids is 1. The molecule has 2 atom stereocenters. The molecule has 2 aromatic rings. The molecule has 1 fully saturated rings. The lowest BCUT2D eigenvalue weighted by molar-refractivity contribution is -0.274. The molecule has 10 heteroatoms. The summed E-state index contributed by atoms with van der Waals surface area (Å²) in [7, 11) is 0. The average Bonchev–Trinajstić information content (AvgIpc) is 2.87. The van der Waals surface area contributed by atoms with Gasteiger partial charge in [-0.25, -0.2) is 4.98 Å². The van der Waals surface area contributed by atoms with Gasteiger partial charge in [-0.2, -0.15) is 0 Å². The lowest BCUT2D eigenvalue weighted by Crippen LogP contribution is -2.40. The quantitative estimate of drug-likeness (QED) is 0.826. The van der Waals surface area contributed by atoms with E-state index in [9.17, 15) is 18.0 Å². The Kier molecular flexibility index (Phi) is 6.12. The van der Waals surface area contributed by atoms with Crippen molar-refractivity contribution in [2.75, 3.05) is 11.9 Å². The summed E-state index contributed by atoms with van der Waals surface area (Å²) < 4.78 is 41.2. The van der Waals surface area contributed by atoms with E-state index in [1.807, 2.05) is 6.92 Å². The van der Waals surface area contributed by atoms with Crippen LogP contribution >= 0.6 is 23.7 Å². The molecule has 1 aromatic carbocycles. The van der Waals surface area contributed by atoms with Gasteiger partial charge in [0.25, 0.3) is 0 Å². The number of fused-ring (bicyclic) bond motifs is 1. The highest BCUT2D eigenvalue weighted by atomic mass is 35.5. The number of thiazole rings is 1. The lowest BCUT2D eigenvalue weighted by atomic mass is 9.93. The van der Waals surface area contributed by atoms with Crippen molar-refractivity contribution < 1.29 is 22.7 Å². The maximum Gasteiger partial charge on any atom is 0.573 e. The number of aromatic nitrogens is 1. The van der Waals surface area contributed by atoms with Crippen LogP contribution in [0.2, 0.25) is 0 Å². The molecule has 1 amide bonds. The minimum Gasteiger partial charge on any atom is -0.406 e. The van der Waals surface area contributed by atoms with E-state index in [-0.39, 0.29) is 36.0 Å². The number of alkyl halides is 3. The number of amides is 1. The molecule has 0 radical (unpaired) electrons. The zero-order chi connectivity index (χ0) is 17.3. The molecule has 0 bridgehead atoms. The van der Waals surface area contributed by atoms with Crippen LogP contribution < -0.4 is 15.4 Å². The second-order valence-corrected chi connectivity index (χ2v) is 6.79. The summed E-state index contributed by atoms with van der Waals surface area (Å²) in [6.07, 6.45) is -3.23. The predicted octanol–water partition coefficient (Wildman–Crippen LogP) is 3.94. The van der Waals surface area contributed by atoms with Crippen LogP contribution in [0.1, 0.15) is 19.8 Å². The number of ether oxygens (including phenoxy) is 1. The molecule has 138 valence electrons. The van der Waals surface area contributed by atoms with E-state index in [1.165, 1.54) is 18.2 Å². The smallest absolute Gasteiger partial charge is 0.406 e. The third-order valence-corrected chi connectivity index (χ3v) is 4.75. The van der Waals surface area contributed by atoms with Crippen molar-refractivity contribution in [3.05, 3.63) is 18.2 Å². The van der Waals surface area contributed by atoms with Gasteiger partial charge in [-0.05, 0) is 38.4 Å². The standard InChI is InChI=1S/C15H16F3N3O2S.ClH/c1-8-6-9(4-5-19-8)13(22)21-14-20-11-3-2-10(7-12(11)24-14)23-15(16,17)18;/h2-3,7-9,19H,4-6H2,1H3,(H,20,21,22);1H/t8-,9-;/m0./s1. The van der Waals surface area contributed by atoms with Gasteiger partial charge in [-0.15, -0.1) is 25.6 Å². The number of rotatable bonds is 3. The SMILES string of the molecule is C[C@H]1C[C@@H](C(=O)Nc2nc3ccc(OC(F)(F)F)cc3s2)CCN1.Cl. The maximum absolute atomic E-state index is 12.3. The average molecular weight is 396 g/mol.